The highest BCUT2D eigenvalue weighted by Crippen LogP contribution is 2.20. The van der Waals surface area contributed by atoms with Crippen LogP contribution in [0.15, 0.2) is 53.8 Å². The van der Waals surface area contributed by atoms with Crippen molar-refractivity contribution in [2.45, 2.75) is 13.5 Å². The quantitative estimate of drug-likeness (QED) is 0.446. The molecular formula is C21H20N4O3S. The zero-order valence-electron chi connectivity index (χ0n) is 16.0. The number of allylic oxidation sites excluding steroid dienone is 1. The highest BCUT2D eigenvalue weighted by molar-refractivity contribution is 7.71. The van der Waals surface area contributed by atoms with Crippen LogP contribution in [0.5, 0.6) is 0 Å². The van der Waals surface area contributed by atoms with Crippen LogP contribution in [0.3, 0.4) is 0 Å². The summed E-state index contributed by atoms with van der Waals surface area (Å²) in [6.45, 7) is 5.69. The standard InChI is InChI=1S/C21H20N4O3S/c1-4-10-25-20(28)15-9-8-13(11-17(15)24-21(25)29)18(26)23-16-7-5-6-14(12(16)2)19(27)22-3/h4-9,11H,1,10H2,2-3H3,(H,22,27)(H,23,26)(H,24,29). The van der Waals surface area contributed by atoms with Gasteiger partial charge in [0.05, 0.1) is 10.9 Å². The Morgan fingerprint density at radius 1 is 1.24 bits per heavy atom. The van der Waals surface area contributed by atoms with Gasteiger partial charge < -0.3 is 15.6 Å². The molecule has 2 amide bonds. The van der Waals surface area contributed by atoms with Crippen LogP contribution in [0.1, 0.15) is 26.3 Å². The largest absolute Gasteiger partial charge is 0.355 e. The Hall–Kier alpha value is -3.52. The predicted octanol–water partition coefficient (Wildman–Crippen LogP) is 3.17. The van der Waals surface area contributed by atoms with E-state index < -0.39 is 0 Å². The number of aromatic nitrogens is 2. The Labute approximate surface area is 172 Å². The van der Waals surface area contributed by atoms with Crippen LogP contribution in [0, 0.1) is 11.7 Å². The molecule has 3 aromatic rings. The molecule has 0 saturated carbocycles. The first-order chi connectivity index (χ1) is 13.9. The Balaban J connectivity index is 1.98. The fraction of sp³-hybridized carbons (Fsp3) is 0.143. The van der Waals surface area contributed by atoms with Gasteiger partial charge in [0, 0.05) is 30.4 Å². The number of benzene rings is 2. The van der Waals surface area contributed by atoms with E-state index in [0.717, 1.165) is 0 Å². The van der Waals surface area contributed by atoms with Crippen molar-refractivity contribution in [1.29, 1.82) is 0 Å². The molecule has 0 radical (unpaired) electrons. The lowest BCUT2D eigenvalue weighted by molar-refractivity contribution is 0.0960. The number of hydrogen-bond donors (Lipinski definition) is 3. The molecule has 2 aromatic carbocycles. The van der Waals surface area contributed by atoms with Crippen molar-refractivity contribution in [2.75, 3.05) is 12.4 Å². The minimum Gasteiger partial charge on any atom is -0.355 e. The minimum absolute atomic E-state index is 0.229. The van der Waals surface area contributed by atoms with Gasteiger partial charge in [0.1, 0.15) is 0 Å². The maximum absolute atomic E-state index is 12.8. The van der Waals surface area contributed by atoms with Crippen LogP contribution in [0.2, 0.25) is 0 Å². The summed E-state index contributed by atoms with van der Waals surface area (Å²) in [7, 11) is 1.55. The molecule has 0 aliphatic heterocycles. The number of carbonyl (C=O) groups excluding carboxylic acids is 2. The second-order valence-electron chi connectivity index (χ2n) is 6.41. The van der Waals surface area contributed by atoms with Crippen LogP contribution in [0.4, 0.5) is 5.69 Å². The van der Waals surface area contributed by atoms with Crippen molar-refractivity contribution in [1.82, 2.24) is 14.9 Å². The van der Waals surface area contributed by atoms with Gasteiger partial charge in [0.25, 0.3) is 17.4 Å². The third-order valence-electron chi connectivity index (χ3n) is 4.61. The van der Waals surface area contributed by atoms with Gasteiger partial charge in [-0.15, -0.1) is 6.58 Å². The summed E-state index contributed by atoms with van der Waals surface area (Å²) in [4.78, 5) is 40.3. The number of fused-ring (bicyclic) bond motifs is 1. The molecule has 0 fully saturated rings. The van der Waals surface area contributed by atoms with Crippen molar-refractivity contribution < 1.29 is 9.59 Å². The van der Waals surface area contributed by atoms with Crippen molar-refractivity contribution >= 4 is 40.6 Å². The molecule has 0 atom stereocenters. The molecule has 3 rings (SSSR count). The Morgan fingerprint density at radius 3 is 2.69 bits per heavy atom. The average Bonchev–Trinajstić information content (AvgIpc) is 2.71. The summed E-state index contributed by atoms with van der Waals surface area (Å²) in [6.07, 6.45) is 1.59. The van der Waals surface area contributed by atoms with Crippen molar-refractivity contribution in [3.8, 4) is 0 Å². The molecule has 148 valence electrons. The normalized spacial score (nSPS) is 10.6. The van der Waals surface area contributed by atoms with E-state index in [1.165, 1.54) is 4.57 Å². The second-order valence-corrected chi connectivity index (χ2v) is 6.79. The first-order valence-corrected chi connectivity index (χ1v) is 9.29. The van der Waals surface area contributed by atoms with Gasteiger partial charge in [0.2, 0.25) is 0 Å². The number of hydrogen-bond acceptors (Lipinski definition) is 4. The summed E-state index contributed by atoms with van der Waals surface area (Å²) in [5, 5.41) is 5.82. The van der Waals surface area contributed by atoms with E-state index in [4.69, 9.17) is 12.2 Å². The lowest BCUT2D eigenvalue weighted by Crippen LogP contribution is -2.22. The summed E-state index contributed by atoms with van der Waals surface area (Å²) >= 11 is 5.23. The van der Waals surface area contributed by atoms with Gasteiger partial charge in [-0.1, -0.05) is 12.1 Å². The molecular weight excluding hydrogens is 388 g/mol. The van der Waals surface area contributed by atoms with Gasteiger partial charge in [-0.3, -0.25) is 19.0 Å². The summed E-state index contributed by atoms with van der Waals surface area (Å²) in [6, 6.07) is 9.86. The zero-order chi connectivity index (χ0) is 21.1. The Kier molecular flexibility index (Phi) is 5.74. The summed E-state index contributed by atoms with van der Waals surface area (Å²) < 4.78 is 1.66. The molecule has 8 heteroatoms. The van der Waals surface area contributed by atoms with Gasteiger partial charge >= 0.3 is 0 Å². The summed E-state index contributed by atoms with van der Waals surface area (Å²) in [5.74, 6) is -0.591. The maximum Gasteiger partial charge on any atom is 0.262 e. The van der Waals surface area contributed by atoms with E-state index in [2.05, 4.69) is 22.2 Å². The fourth-order valence-corrected chi connectivity index (χ4v) is 3.30. The molecule has 0 aliphatic carbocycles. The molecule has 7 nitrogen and oxygen atoms in total. The Morgan fingerprint density at radius 2 is 2.00 bits per heavy atom. The topological polar surface area (TPSA) is 96.0 Å². The van der Waals surface area contributed by atoms with Crippen LogP contribution in [-0.4, -0.2) is 28.4 Å². The van der Waals surface area contributed by atoms with E-state index >= 15 is 0 Å². The van der Waals surface area contributed by atoms with Crippen molar-refractivity contribution in [2.24, 2.45) is 0 Å². The van der Waals surface area contributed by atoms with Crippen LogP contribution >= 0.6 is 12.2 Å². The van der Waals surface area contributed by atoms with E-state index in [0.29, 0.717) is 39.8 Å². The van der Waals surface area contributed by atoms with E-state index in [1.807, 2.05) is 0 Å². The zero-order valence-corrected chi connectivity index (χ0v) is 16.9. The van der Waals surface area contributed by atoms with Crippen LogP contribution in [-0.2, 0) is 6.54 Å². The highest BCUT2D eigenvalue weighted by atomic mass is 32.1. The number of aromatic amines is 1. The minimum atomic E-state index is -0.362. The SMILES string of the molecule is C=CCn1c(=S)[nH]c2cc(C(=O)Nc3cccc(C(=O)NC)c3C)ccc2c1=O. The van der Waals surface area contributed by atoms with Gasteiger partial charge in [-0.2, -0.15) is 0 Å². The molecule has 1 heterocycles. The first-order valence-electron chi connectivity index (χ1n) is 8.88. The second kappa shape index (κ2) is 8.24. The number of amides is 2. The van der Waals surface area contributed by atoms with Crippen molar-refractivity contribution in [3.05, 3.63) is 80.9 Å². The predicted molar refractivity (Wildman–Crippen MR) is 116 cm³/mol. The van der Waals surface area contributed by atoms with Crippen LogP contribution < -0.4 is 16.2 Å². The molecule has 0 bridgehead atoms. The van der Waals surface area contributed by atoms with E-state index in [-0.39, 0.29) is 22.1 Å². The summed E-state index contributed by atoms with van der Waals surface area (Å²) in [5.41, 5.74) is 2.26. The third-order valence-corrected chi connectivity index (χ3v) is 4.93. The van der Waals surface area contributed by atoms with Crippen LogP contribution in [0.25, 0.3) is 10.9 Å². The number of H-pyrrole nitrogens is 1. The molecule has 3 N–H and O–H groups in total. The monoisotopic (exact) mass is 408 g/mol. The first kappa shape index (κ1) is 20.2. The highest BCUT2D eigenvalue weighted by Gasteiger charge is 2.14. The van der Waals surface area contributed by atoms with Gasteiger partial charge in [-0.05, 0) is 55.0 Å². The molecule has 29 heavy (non-hydrogen) atoms. The maximum atomic E-state index is 12.8. The number of carbonyl (C=O) groups is 2. The molecule has 0 saturated heterocycles. The molecule has 0 spiro atoms. The molecule has 0 unspecified atom stereocenters. The molecule has 1 aromatic heterocycles. The Bertz CT molecular complexity index is 1260. The number of nitrogens with one attached hydrogen (secondary N) is 3. The number of rotatable bonds is 5. The van der Waals surface area contributed by atoms with E-state index in [9.17, 15) is 14.4 Å². The van der Waals surface area contributed by atoms with Gasteiger partial charge in [-0.25, -0.2) is 0 Å². The lowest BCUT2D eigenvalue weighted by atomic mass is 10.1. The third kappa shape index (κ3) is 3.88. The van der Waals surface area contributed by atoms with Gasteiger partial charge in [0.15, 0.2) is 4.77 Å². The molecule has 0 aliphatic rings. The lowest BCUT2D eigenvalue weighted by Gasteiger charge is -2.12. The average molecular weight is 408 g/mol. The number of anilines is 1. The van der Waals surface area contributed by atoms with Crippen molar-refractivity contribution in [3.63, 3.8) is 0 Å². The smallest absolute Gasteiger partial charge is 0.262 e. The number of nitrogens with zero attached hydrogens (tertiary/aromatic N) is 1. The van der Waals surface area contributed by atoms with E-state index in [1.54, 1.807) is 56.4 Å². The fourth-order valence-electron chi connectivity index (χ4n) is 3.04.